The second-order valence-electron chi connectivity index (χ2n) is 4.32. The number of nitrogens with zero attached hydrogens (tertiary/aromatic N) is 1. The van der Waals surface area contributed by atoms with Crippen LogP contribution < -0.4 is 4.57 Å². The second kappa shape index (κ2) is 3.77. The molecule has 0 radical (unpaired) electrons. The average molecular weight is 283 g/mol. The standard InChI is InChI=1S/C10H12BrF3N/c1-9(2,3)8-5-4-7(11)6-15(8)10(12,13)14/h4-6H,1-3H3/q+1. The van der Waals surface area contributed by atoms with Crippen molar-refractivity contribution in [1.29, 1.82) is 0 Å². The van der Waals surface area contributed by atoms with Crippen LogP contribution in [0.3, 0.4) is 0 Å². The maximum atomic E-state index is 12.7. The molecule has 15 heavy (non-hydrogen) atoms. The highest BCUT2D eigenvalue weighted by Gasteiger charge is 2.46. The summed E-state index contributed by atoms with van der Waals surface area (Å²) in [6.45, 7) is 5.25. The minimum Gasteiger partial charge on any atom is -0.106 e. The summed E-state index contributed by atoms with van der Waals surface area (Å²) in [6.07, 6.45) is -3.34. The highest BCUT2D eigenvalue weighted by molar-refractivity contribution is 9.10. The van der Waals surface area contributed by atoms with E-state index in [4.69, 9.17) is 0 Å². The van der Waals surface area contributed by atoms with Crippen molar-refractivity contribution in [2.24, 2.45) is 0 Å². The number of hydrogen-bond acceptors (Lipinski definition) is 0. The van der Waals surface area contributed by atoms with E-state index in [1.54, 1.807) is 26.8 Å². The maximum Gasteiger partial charge on any atom is 0.638 e. The molecule has 0 unspecified atom stereocenters. The quantitative estimate of drug-likeness (QED) is 0.641. The molecule has 0 N–H and O–H groups in total. The van der Waals surface area contributed by atoms with Crippen LogP contribution in [0.15, 0.2) is 22.8 Å². The fourth-order valence-electron chi connectivity index (χ4n) is 1.30. The van der Waals surface area contributed by atoms with Crippen molar-refractivity contribution >= 4 is 15.9 Å². The van der Waals surface area contributed by atoms with Crippen molar-refractivity contribution in [1.82, 2.24) is 0 Å². The Balaban J connectivity index is 3.41. The minimum atomic E-state index is -4.38. The fourth-order valence-corrected chi connectivity index (χ4v) is 1.63. The van der Waals surface area contributed by atoms with Crippen LogP contribution in [0.25, 0.3) is 0 Å². The van der Waals surface area contributed by atoms with Gasteiger partial charge in [-0.25, -0.2) is 0 Å². The Kier molecular flexibility index (Phi) is 3.14. The fraction of sp³-hybridized carbons (Fsp3) is 0.500. The summed E-state index contributed by atoms with van der Waals surface area (Å²) in [5.74, 6) is 0. The molecule has 0 aliphatic heterocycles. The van der Waals surface area contributed by atoms with Crippen LogP contribution >= 0.6 is 15.9 Å². The molecule has 5 heteroatoms. The summed E-state index contributed by atoms with van der Waals surface area (Å²) in [4.78, 5) is 0. The second-order valence-corrected chi connectivity index (χ2v) is 5.24. The largest absolute Gasteiger partial charge is 0.638 e. The zero-order valence-electron chi connectivity index (χ0n) is 8.69. The lowest BCUT2D eigenvalue weighted by Crippen LogP contribution is -2.53. The van der Waals surface area contributed by atoms with E-state index in [0.717, 1.165) is 6.20 Å². The first-order valence-corrected chi connectivity index (χ1v) is 5.20. The lowest BCUT2D eigenvalue weighted by atomic mass is 9.91. The van der Waals surface area contributed by atoms with E-state index in [1.165, 1.54) is 6.07 Å². The maximum absolute atomic E-state index is 12.7. The molecule has 0 saturated heterocycles. The van der Waals surface area contributed by atoms with Gasteiger partial charge in [0, 0.05) is 11.5 Å². The van der Waals surface area contributed by atoms with Crippen LogP contribution in [0.5, 0.6) is 0 Å². The van der Waals surface area contributed by atoms with Crippen LogP contribution in [0.2, 0.25) is 0 Å². The molecule has 0 aliphatic rings. The van der Waals surface area contributed by atoms with Gasteiger partial charge in [0.1, 0.15) is 0 Å². The highest BCUT2D eigenvalue weighted by Crippen LogP contribution is 2.25. The van der Waals surface area contributed by atoms with Crippen LogP contribution in [-0.4, -0.2) is 0 Å². The van der Waals surface area contributed by atoms with Crippen LogP contribution in [0.1, 0.15) is 26.5 Å². The van der Waals surface area contributed by atoms with Crippen molar-refractivity contribution in [3.8, 4) is 0 Å². The number of alkyl halides is 3. The number of aromatic nitrogens is 1. The lowest BCUT2D eigenvalue weighted by Gasteiger charge is -2.17. The molecule has 0 spiro atoms. The van der Waals surface area contributed by atoms with Crippen molar-refractivity contribution in [3.05, 3.63) is 28.5 Å². The smallest absolute Gasteiger partial charge is 0.106 e. The third-order valence-corrected chi connectivity index (χ3v) is 2.42. The molecule has 84 valence electrons. The van der Waals surface area contributed by atoms with Crippen LogP contribution in [-0.2, 0) is 11.7 Å². The number of pyridine rings is 1. The Bertz CT molecular complexity index is 366. The van der Waals surface area contributed by atoms with Gasteiger partial charge in [0.25, 0.3) is 0 Å². The Hall–Kier alpha value is -0.580. The van der Waals surface area contributed by atoms with Gasteiger partial charge >= 0.3 is 6.30 Å². The molecule has 1 aromatic heterocycles. The number of halogens is 4. The number of hydrogen-bond donors (Lipinski definition) is 0. The summed E-state index contributed by atoms with van der Waals surface area (Å²) in [5.41, 5.74) is -0.311. The molecule has 0 aliphatic carbocycles. The monoisotopic (exact) mass is 282 g/mol. The normalized spacial score (nSPS) is 13.0. The van der Waals surface area contributed by atoms with Gasteiger partial charge in [0.05, 0.1) is 4.47 Å². The molecule has 0 amide bonds. The van der Waals surface area contributed by atoms with E-state index in [0.29, 0.717) is 9.04 Å². The Morgan fingerprint density at radius 2 is 1.67 bits per heavy atom. The third kappa shape index (κ3) is 2.93. The minimum absolute atomic E-state index is 0.234. The Morgan fingerprint density at radius 3 is 2.07 bits per heavy atom. The molecule has 1 nitrogen and oxygen atoms in total. The van der Waals surface area contributed by atoms with Gasteiger partial charge in [0.15, 0.2) is 11.9 Å². The summed E-state index contributed by atoms with van der Waals surface area (Å²) in [7, 11) is 0. The Morgan fingerprint density at radius 1 is 1.13 bits per heavy atom. The van der Waals surface area contributed by atoms with Gasteiger partial charge in [0.2, 0.25) is 0 Å². The lowest BCUT2D eigenvalue weighted by molar-refractivity contribution is -0.861. The van der Waals surface area contributed by atoms with E-state index in [9.17, 15) is 13.2 Å². The summed E-state index contributed by atoms with van der Waals surface area (Å²) < 4.78 is 38.9. The van der Waals surface area contributed by atoms with E-state index >= 15 is 0 Å². The predicted octanol–water partition coefficient (Wildman–Crippen LogP) is 3.51. The summed E-state index contributed by atoms with van der Waals surface area (Å²) in [6, 6.07) is 3.10. The van der Waals surface area contributed by atoms with Gasteiger partial charge in [-0.15, -0.1) is 17.7 Å². The first-order valence-electron chi connectivity index (χ1n) is 4.41. The highest BCUT2D eigenvalue weighted by atomic mass is 79.9. The number of rotatable bonds is 0. The van der Waals surface area contributed by atoms with E-state index in [1.807, 2.05) is 0 Å². The molecule has 0 saturated carbocycles. The average Bonchev–Trinajstić information content (AvgIpc) is 2.00. The molecule has 0 fully saturated rings. The van der Waals surface area contributed by atoms with Crippen LogP contribution in [0.4, 0.5) is 13.2 Å². The van der Waals surface area contributed by atoms with E-state index in [2.05, 4.69) is 15.9 Å². The van der Waals surface area contributed by atoms with Crippen molar-refractivity contribution in [2.45, 2.75) is 32.5 Å². The molecule has 0 atom stereocenters. The molecule has 1 heterocycles. The SMILES string of the molecule is CC(C)(C)c1ccc(Br)c[n+]1C(F)(F)F. The van der Waals surface area contributed by atoms with Gasteiger partial charge in [-0.05, 0) is 22.0 Å². The predicted molar refractivity (Wildman–Crippen MR) is 54.3 cm³/mol. The molecule has 0 aromatic carbocycles. The molecule has 0 bridgehead atoms. The molecular formula is C10H12BrF3N+. The van der Waals surface area contributed by atoms with Gasteiger partial charge < -0.3 is 0 Å². The Labute approximate surface area is 95.0 Å². The first kappa shape index (κ1) is 12.5. The van der Waals surface area contributed by atoms with Crippen molar-refractivity contribution in [2.75, 3.05) is 0 Å². The zero-order chi connectivity index (χ0) is 11.9. The molecular weight excluding hydrogens is 271 g/mol. The van der Waals surface area contributed by atoms with Gasteiger partial charge in [-0.2, -0.15) is 0 Å². The van der Waals surface area contributed by atoms with Crippen molar-refractivity contribution < 1.29 is 17.7 Å². The van der Waals surface area contributed by atoms with Crippen molar-refractivity contribution in [3.63, 3.8) is 0 Å². The van der Waals surface area contributed by atoms with Gasteiger partial charge in [-0.3, -0.25) is 0 Å². The summed E-state index contributed by atoms with van der Waals surface area (Å²) in [5, 5.41) is 0. The van der Waals surface area contributed by atoms with E-state index < -0.39 is 11.7 Å². The van der Waals surface area contributed by atoms with Gasteiger partial charge in [-0.1, -0.05) is 20.8 Å². The topological polar surface area (TPSA) is 3.88 Å². The summed E-state index contributed by atoms with van der Waals surface area (Å²) >= 11 is 3.03. The zero-order valence-corrected chi connectivity index (χ0v) is 10.3. The molecule has 1 aromatic rings. The first-order chi connectivity index (χ1) is 6.62. The molecule has 1 rings (SSSR count). The van der Waals surface area contributed by atoms with Crippen LogP contribution in [0, 0.1) is 0 Å². The van der Waals surface area contributed by atoms with E-state index in [-0.39, 0.29) is 5.69 Å². The third-order valence-electron chi connectivity index (χ3n) is 1.95.